The van der Waals surface area contributed by atoms with Gasteiger partial charge in [0.25, 0.3) is 0 Å². The van der Waals surface area contributed by atoms with E-state index in [9.17, 15) is 13.2 Å². The van der Waals surface area contributed by atoms with Crippen molar-refractivity contribution in [1.29, 1.82) is 0 Å². The van der Waals surface area contributed by atoms with Gasteiger partial charge in [-0.05, 0) is 36.4 Å². The van der Waals surface area contributed by atoms with Crippen molar-refractivity contribution in [3.63, 3.8) is 0 Å². The molecule has 2 aromatic carbocycles. The zero-order valence-electron chi connectivity index (χ0n) is 17.9. The van der Waals surface area contributed by atoms with E-state index in [0.717, 1.165) is 36.9 Å². The van der Waals surface area contributed by atoms with Crippen LogP contribution in [0.4, 0.5) is 11.4 Å². The van der Waals surface area contributed by atoms with Crippen molar-refractivity contribution in [3.8, 4) is 0 Å². The summed E-state index contributed by atoms with van der Waals surface area (Å²) in [6.07, 6.45) is 0. The number of para-hydroxylation sites is 1. The summed E-state index contributed by atoms with van der Waals surface area (Å²) in [7, 11) is -3.50. The van der Waals surface area contributed by atoms with Crippen LogP contribution in [-0.4, -0.2) is 69.3 Å². The molecule has 0 atom stereocenters. The highest BCUT2D eigenvalue weighted by atomic mass is 35.5. The Morgan fingerprint density at radius 1 is 1.00 bits per heavy atom. The first kappa shape index (κ1) is 23.5. The number of carbonyl (C=O) groups excluding carboxylic acids is 1. The number of sulfonamides is 1. The minimum Gasteiger partial charge on any atom is -0.368 e. The van der Waals surface area contributed by atoms with Crippen LogP contribution < -0.4 is 10.2 Å². The summed E-state index contributed by atoms with van der Waals surface area (Å²) >= 11 is 6.28. The average molecular weight is 465 g/mol. The van der Waals surface area contributed by atoms with Crippen LogP contribution in [0, 0.1) is 0 Å². The second-order valence-corrected chi connectivity index (χ2v) is 9.72. The van der Waals surface area contributed by atoms with Crippen molar-refractivity contribution in [2.75, 3.05) is 56.0 Å². The molecular formula is C22H29ClN4O3S. The highest BCUT2D eigenvalue weighted by molar-refractivity contribution is 7.89. The lowest BCUT2D eigenvalue weighted by molar-refractivity contribution is -0.117. The van der Waals surface area contributed by atoms with Crippen molar-refractivity contribution in [2.24, 2.45) is 0 Å². The fraction of sp³-hybridized carbons (Fsp3) is 0.409. The van der Waals surface area contributed by atoms with E-state index in [1.807, 2.05) is 38.1 Å². The SMILES string of the molecule is CCN(CC)S(=O)(=O)c1ccc(NC(=O)CN2CCN(c3ccccc3Cl)CC2)cc1. The Bertz CT molecular complexity index is 986. The number of halogens is 1. The van der Waals surface area contributed by atoms with Gasteiger partial charge < -0.3 is 10.2 Å². The molecule has 0 spiro atoms. The van der Waals surface area contributed by atoms with Crippen LogP contribution in [0.3, 0.4) is 0 Å². The number of nitrogens with one attached hydrogen (secondary N) is 1. The lowest BCUT2D eigenvalue weighted by Gasteiger charge is -2.36. The lowest BCUT2D eigenvalue weighted by atomic mass is 10.2. The van der Waals surface area contributed by atoms with Gasteiger partial charge in [-0.3, -0.25) is 9.69 Å². The Morgan fingerprint density at radius 3 is 2.19 bits per heavy atom. The van der Waals surface area contributed by atoms with Crippen LogP contribution in [0.2, 0.25) is 5.02 Å². The third-order valence-corrected chi connectivity index (χ3v) is 7.80. The monoisotopic (exact) mass is 464 g/mol. The van der Waals surface area contributed by atoms with E-state index in [-0.39, 0.29) is 17.3 Å². The molecule has 1 aliphatic rings. The maximum Gasteiger partial charge on any atom is 0.243 e. The van der Waals surface area contributed by atoms with Crippen LogP contribution in [-0.2, 0) is 14.8 Å². The highest BCUT2D eigenvalue weighted by Gasteiger charge is 2.22. The molecule has 168 valence electrons. The summed E-state index contributed by atoms with van der Waals surface area (Å²) < 4.78 is 26.5. The Kier molecular flexibility index (Phi) is 7.94. The summed E-state index contributed by atoms with van der Waals surface area (Å²) in [5, 5.41) is 3.59. The molecule has 1 amide bonds. The van der Waals surface area contributed by atoms with E-state index < -0.39 is 10.0 Å². The molecule has 7 nitrogen and oxygen atoms in total. The Morgan fingerprint density at radius 2 is 1.61 bits per heavy atom. The topological polar surface area (TPSA) is 73.0 Å². The number of anilines is 2. The first-order valence-electron chi connectivity index (χ1n) is 10.5. The Labute approximate surface area is 189 Å². The normalized spacial score (nSPS) is 15.3. The minimum absolute atomic E-state index is 0.120. The van der Waals surface area contributed by atoms with Gasteiger partial charge in [0.05, 0.1) is 22.2 Å². The van der Waals surface area contributed by atoms with Gasteiger partial charge in [-0.2, -0.15) is 4.31 Å². The molecule has 0 radical (unpaired) electrons. The molecular weight excluding hydrogens is 436 g/mol. The molecule has 0 aliphatic carbocycles. The third-order valence-electron chi connectivity index (χ3n) is 5.41. The van der Waals surface area contributed by atoms with Crippen LogP contribution in [0.15, 0.2) is 53.4 Å². The number of amides is 1. The quantitative estimate of drug-likeness (QED) is 0.649. The van der Waals surface area contributed by atoms with Crippen molar-refractivity contribution in [1.82, 2.24) is 9.21 Å². The maximum atomic E-state index is 12.6. The molecule has 1 heterocycles. The fourth-order valence-corrected chi connectivity index (χ4v) is 5.39. The van der Waals surface area contributed by atoms with Crippen molar-refractivity contribution in [3.05, 3.63) is 53.6 Å². The van der Waals surface area contributed by atoms with E-state index in [4.69, 9.17) is 11.6 Å². The van der Waals surface area contributed by atoms with Gasteiger partial charge in [0.15, 0.2) is 0 Å². The maximum absolute atomic E-state index is 12.6. The number of piperazine rings is 1. The third kappa shape index (κ3) is 5.77. The number of hydrogen-bond acceptors (Lipinski definition) is 5. The molecule has 9 heteroatoms. The van der Waals surface area contributed by atoms with Crippen molar-refractivity contribution >= 4 is 38.9 Å². The average Bonchev–Trinajstić information content (AvgIpc) is 2.76. The van der Waals surface area contributed by atoms with Gasteiger partial charge in [0, 0.05) is 45.0 Å². The second kappa shape index (κ2) is 10.5. The Balaban J connectivity index is 1.52. The van der Waals surface area contributed by atoms with Gasteiger partial charge in [-0.1, -0.05) is 37.6 Å². The Hall–Kier alpha value is -2.13. The molecule has 31 heavy (non-hydrogen) atoms. The summed E-state index contributed by atoms with van der Waals surface area (Å²) in [6, 6.07) is 14.1. The van der Waals surface area contributed by atoms with Crippen LogP contribution in [0.1, 0.15) is 13.8 Å². The van der Waals surface area contributed by atoms with Crippen molar-refractivity contribution in [2.45, 2.75) is 18.7 Å². The summed E-state index contributed by atoms with van der Waals surface area (Å²) in [5.74, 6) is -0.120. The number of carbonyl (C=O) groups is 1. The van der Waals surface area contributed by atoms with E-state index >= 15 is 0 Å². The van der Waals surface area contributed by atoms with Gasteiger partial charge in [-0.25, -0.2) is 8.42 Å². The molecule has 1 saturated heterocycles. The summed E-state index contributed by atoms with van der Waals surface area (Å²) in [4.78, 5) is 17.0. The molecule has 1 N–H and O–H groups in total. The van der Waals surface area contributed by atoms with Crippen molar-refractivity contribution < 1.29 is 13.2 Å². The zero-order chi connectivity index (χ0) is 22.4. The summed E-state index contributed by atoms with van der Waals surface area (Å²) in [6.45, 7) is 7.87. The van der Waals surface area contributed by atoms with Gasteiger partial charge >= 0.3 is 0 Å². The molecule has 3 rings (SSSR count). The largest absolute Gasteiger partial charge is 0.368 e. The number of benzene rings is 2. The van der Waals surface area contributed by atoms with E-state index in [1.54, 1.807) is 12.1 Å². The van der Waals surface area contributed by atoms with E-state index in [0.29, 0.717) is 18.8 Å². The molecule has 0 aromatic heterocycles. The standard InChI is InChI=1S/C22H29ClN4O3S/c1-3-27(4-2)31(29,30)19-11-9-18(10-12-19)24-22(28)17-25-13-15-26(16-14-25)21-8-6-5-7-20(21)23/h5-12H,3-4,13-17H2,1-2H3,(H,24,28). The molecule has 0 unspecified atom stereocenters. The number of rotatable bonds is 8. The molecule has 1 fully saturated rings. The zero-order valence-corrected chi connectivity index (χ0v) is 19.5. The summed E-state index contributed by atoms with van der Waals surface area (Å²) in [5.41, 5.74) is 1.60. The van der Waals surface area contributed by atoms with Gasteiger partial charge in [0.1, 0.15) is 0 Å². The lowest BCUT2D eigenvalue weighted by Crippen LogP contribution is -2.48. The minimum atomic E-state index is -3.50. The second-order valence-electron chi connectivity index (χ2n) is 7.38. The fourth-order valence-electron chi connectivity index (χ4n) is 3.68. The molecule has 0 bridgehead atoms. The van der Waals surface area contributed by atoms with E-state index in [1.165, 1.54) is 16.4 Å². The predicted molar refractivity (Wildman–Crippen MR) is 125 cm³/mol. The molecule has 0 saturated carbocycles. The van der Waals surface area contributed by atoms with Crippen LogP contribution >= 0.6 is 11.6 Å². The predicted octanol–water partition coefficient (Wildman–Crippen LogP) is 3.13. The first-order valence-corrected chi connectivity index (χ1v) is 12.3. The van der Waals surface area contributed by atoms with Gasteiger partial charge in [-0.15, -0.1) is 0 Å². The molecule has 1 aliphatic heterocycles. The van der Waals surface area contributed by atoms with Crippen LogP contribution in [0.5, 0.6) is 0 Å². The highest BCUT2D eigenvalue weighted by Crippen LogP contribution is 2.26. The first-order chi connectivity index (χ1) is 14.8. The van der Waals surface area contributed by atoms with E-state index in [2.05, 4.69) is 15.1 Å². The molecule has 2 aromatic rings. The van der Waals surface area contributed by atoms with Gasteiger partial charge in [0.2, 0.25) is 15.9 Å². The number of hydrogen-bond donors (Lipinski definition) is 1. The smallest absolute Gasteiger partial charge is 0.243 e. The number of nitrogens with zero attached hydrogens (tertiary/aromatic N) is 3. The van der Waals surface area contributed by atoms with Crippen LogP contribution in [0.25, 0.3) is 0 Å².